The third kappa shape index (κ3) is 2.98. The maximum Gasteiger partial charge on any atom is 0.254 e. The first-order valence-corrected chi connectivity index (χ1v) is 6.52. The second kappa shape index (κ2) is 5.93. The monoisotopic (exact) mass is 264 g/mol. The number of aromatic hydroxyl groups is 1. The Bertz CT molecular complexity index is 462. The number of methoxy groups -OCH3 is 1. The van der Waals surface area contributed by atoms with Crippen LogP contribution < -0.4 is 10.5 Å². The predicted octanol–water partition coefficient (Wildman–Crippen LogP) is 1.21. The molecule has 3 N–H and O–H groups in total. The average molecular weight is 264 g/mol. The van der Waals surface area contributed by atoms with Crippen LogP contribution in [0.25, 0.3) is 0 Å². The molecule has 1 amide bonds. The Morgan fingerprint density at radius 1 is 1.58 bits per heavy atom. The fraction of sp³-hybridized carbons (Fsp3) is 0.500. The number of likely N-dealkylation sites (tertiary alicyclic amines) is 1. The molecule has 0 aliphatic carbocycles. The third-order valence-corrected chi connectivity index (χ3v) is 3.57. The van der Waals surface area contributed by atoms with Crippen molar-refractivity contribution in [2.75, 3.05) is 26.7 Å². The van der Waals surface area contributed by atoms with Crippen LogP contribution in [-0.2, 0) is 0 Å². The quantitative estimate of drug-likeness (QED) is 0.860. The number of phenols is 1. The van der Waals surface area contributed by atoms with Crippen molar-refractivity contribution in [1.29, 1.82) is 0 Å². The van der Waals surface area contributed by atoms with Crippen molar-refractivity contribution in [2.45, 2.75) is 12.8 Å². The number of phenolic OH excluding ortho intramolecular Hbond substituents is 1. The molecule has 1 heterocycles. The van der Waals surface area contributed by atoms with Gasteiger partial charge in [0, 0.05) is 18.7 Å². The second-order valence-electron chi connectivity index (χ2n) is 4.88. The highest BCUT2D eigenvalue weighted by atomic mass is 16.5. The molecule has 1 aliphatic rings. The molecule has 1 unspecified atom stereocenters. The van der Waals surface area contributed by atoms with Crippen molar-refractivity contribution in [1.82, 2.24) is 4.90 Å². The van der Waals surface area contributed by atoms with Crippen LogP contribution in [0.3, 0.4) is 0 Å². The minimum Gasteiger partial charge on any atom is -0.504 e. The molecule has 0 radical (unpaired) electrons. The summed E-state index contributed by atoms with van der Waals surface area (Å²) in [6, 6.07) is 4.73. The van der Waals surface area contributed by atoms with Crippen molar-refractivity contribution in [3.63, 3.8) is 0 Å². The number of nitrogens with zero attached hydrogens (tertiary/aromatic N) is 1. The fourth-order valence-corrected chi connectivity index (χ4v) is 2.45. The summed E-state index contributed by atoms with van der Waals surface area (Å²) in [5, 5.41) is 9.72. The van der Waals surface area contributed by atoms with Crippen LogP contribution in [-0.4, -0.2) is 42.7 Å². The van der Waals surface area contributed by atoms with Crippen LogP contribution >= 0.6 is 0 Å². The van der Waals surface area contributed by atoms with Gasteiger partial charge >= 0.3 is 0 Å². The van der Waals surface area contributed by atoms with Crippen LogP contribution in [0.5, 0.6) is 11.5 Å². The van der Waals surface area contributed by atoms with E-state index in [-0.39, 0.29) is 11.7 Å². The molecule has 19 heavy (non-hydrogen) atoms. The summed E-state index contributed by atoms with van der Waals surface area (Å²) < 4.78 is 4.97. The maximum atomic E-state index is 12.3. The average Bonchev–Trinajstić information content (AvgIpc) is 2.46. The van der Waals surface area contributed by atoms with Gasteiger partial charge in [0.25, 0.3) is 5.91 Å². The summed E-state index contributed by atoms with van der Waals surface area (Å²) in [7, 11) is 1.48. The smallest absolute Gasteiger partial charge is 0.254 e. The first-order valence-electron chi connectivity index (χ1n) is 6.52. The molecular formula is C14H20N2O3. The van der Waals surface area contributed by atoms with Crippen LogP contribution in [0.15, 0.2) is 18.2 Å². The maximum absolute atomic E-state index is 12.3. The molecule has 1 aromatic rings. The van der Waals surface area contributed by atoms with Gasteiger partial charge in [-0.25, -0.2) is 0 Å². The number of hydrogen-bond donors (Lipinski definition) is 2. The molecule has 1 fully saturated rings. The molecule has 0 spiro atoms. The van der Waals surface area contributed by atoms with Crippen LogP contribution in [0.4, 0.5) is 0 Å². The van der Waals surface area contributed by atoms with Crippen molar-refractivity contribution >= 4 is 5.91 Å². The molecule has 1 aliphatic heterocycles. The number of amides is 1. The van der Waals surface area contributed by atoms with E-state index in [4.69, 9.17) is 10.5 Å². The molecule has 1 atom stereocenters. The lowest BCUT2D eigenvalue weighted by atomic mass is 9.97. The number of ether oxygens (including phenoxy) is 1. The Hall–Kier alpha value is -1.75. The van der Waals surface area contributed by atoms with E-state index in [9.17, 15) is 9.90 Å². The number of nitrogens with two attached hydrogens (primary N) is 1. The van der Waals surface area contributed by atoms with Crippen LogP contribution in [0.2, 0.25) is 0 Å². The Kier molecular flexibility index (Phi) is 4.27. The zero-order valence-corrected chi connectivity index (χ0v) is 11.1. The molecule has 0 bridgehead atoms. The SMILES string of the molecule is COc1ccc(C(=O)N2CCCC(CN)C2)cc1O. The Morgan fingerprint density at radius 2 is 2.37 bits per heavy atom. The lowest BCUT2D eigenvalue weighted by Crippen LogP contribution is -2.42. The third-order valence-electron chi connectivity index (χ3n) is 3.57. The fourth-order valence-electron chi connectivity index (χ4n) is 2.45. The van der Waals surface area contributed by atoms with E-state index in [2.05, 4.69) is 0 Å². The lowest BCUT2D eigenvalue weighted by molar-refractivity contribution is 0.0677. The Morgan fingerprint density at radius 3 is 3.00 bits per heavy atom. The van der Waals surface area contributed by atoms with Gasteiger partial charge in [0.2, 0.25) is 0 Å². The molecule has 5 nitrogen and oxygen atoms in total. The van der Waals surface area contributed by atoms with Crippen molar-refractivity contribution < 1.29 is 14.6 Å². The van der Waals surface area contributed by atoms with Crippen molar-refractivity contribution in [3.8, 4) is 11.5 Å². The standard InChI is InChI=1S/C14H20N2O3/c1-19-13-5-4-11(7-12(13)17)14(18)16-6-2-3-10(8-15)9-16/h4-5,7,10,17H,2-3,6,8-9,15H2,1H3. The van der Waals surface area contributed by atoms with Gasteiger partial charge in [-0.3, -0.25) is 4.79 Å². The molecule has 2 rings (SSSR count). The summed E-state index contributed by atoms with van der Waals surface area (Å²) in [6.07, 6.45) is 2.06. The molecule has 0 saturated carbocycles. The number of piperidine rings is 1. The number of carbonyl (C=O) groups excluding carboxylic acids is 1. The number of rotatable bonds is 3. The van der Waals surface area contributed by atoms with Gasteiger partial charge in [0.1, 0.15) is 0 Å². The van der Waals surface area contributed by atoms with Gasteiger partial charge in [-0.15, -0.1) is 0 Å². The van der Waals surface area contributed by atoms with Gasteiger partial charge in [0.15, 0.2) is 11.5 Å². The first-order chi connectivity index (χ1) is 9.15. The molecule has 104 valence electrons. The van der Waals surface area contributed by atoms with Gasteiger partial charge in [0.05, 0.1) is 7.11 Å². The van der Waals surface area contributed by atoms with Gasteiger partial charge in [-0.1, -0.05) is 0 Å². The second-order valence-corrected chi connectivity index (χ2v) is 4.88. The van der Waals surface area contributed by atoms with Gasteiger partial charge < -0.3 is 20.5 Å². The molecular weight excluding hydrogens is 244 g/mol. The zero-order chi connectivity index (χ0) is 13.8. The summed E-state index contributed by atoms with van der Waals surface area (Å²) in [5.41, 5.74) is 6.15. The van der Waals surface area contributed by atoms with Crippen LogP contribution in [0, 0.1) is 5.92 Å². The minimum absolute atomic E-state index is 0.0132. The molecule has 5 heteroatoms. The van der Waals surface area contributed by atoms with E-state index in [0.29, 0.717) is 30.3 Å². The normalized spacial score (nSPS) is 19.3. The zero-order valence-electron chi connectivity index (χ0n) is 11.1. The Labute approximate surface area is 113 Å². The van der Waals surface area contributed by atoms with E-state index < -0.39 is 0 Å². The summed E-state index contributed by atoms with van der Waals surface area (Å²) in [5.74, 6) is 0.677. The molecule has 0 aromatic heterocycles. The summed E-state index contributed by atoms with van der Waals surface area (Å²) in [4.78, 5) is 14.2. The topological polar surface area (TPSA) is 75.8 Å². The largest absolute Gasteiger partial charge is 0.504 e. The number of hydrogen-bond acceptors (Lipinski definition) is 4. The van der Waals surface area contributed by atoms with E-state index >= 15 is 0 Å². The van der Waals surface area contributed by atoms with Gasteiger partial charge in [-0.05, 0) is 43.5 Å². The first kappa shape index (κ1) is 13.7. The minimum atomic E-state index is -0.0592. The van der Waals surface area contributed by atoms with Gasteiger partial charge in [-0.2, -0.15) is 0 Å². The lowest BCUT2D eigenvalue weighted by Gasteiger charge is -2.32. The number of carbonyl (C=O) groups is 1. The van der Waals surface area contributed by atoms with E-state index in [1.54, 1.807) is 12.1 Å². The highest BCUT2D eigenvalue weighted by molar-refractivity contribution is 5.95. The Balaban J connectivity index is 2.12. The summed E-state index contributed by atoms with van der Waals surface area (Å²) in [6.45, 7) is 2.06. The number of benzene rings is 1. The molecule has 1 saturated heterocycles. The van der Waals surface area contributed by atoms with E-state index in [1.165, 1.54) is 13.2 Å². The molecule has 1 aromatic carbocycles. The van der Waals surface area contributed by atoms with E-state index in [1.807, 2.05) is 4.90 Å². The highest BCUT2D eigenvalue weighted by Crippen LogP contribution is 2.27. The van der Waals surface area contributed by atoms with Crippen molar-refractivity contribution in [2.24, 2.45) is 11.7 Å². The summed E-state index contributed by atoms with van der Waals surface area (Å²) >= 11 is 0. The van der Waals surface area contributed by atoms with E-state index in [0.717, 1.165) is 19.4 Å². The highest BCUT2D eigenvalue weighted by Gasteiger charge is 2.24. The van der Waals surface area contributed by atoms with Crippen LogP contribution in [0.1, 0.15) is 23.2 Å². The predicted molar refractivity (Wildman–Crippen MR) is 72.3 cm³/mol. The van der Waals surface area contributed by atoms with Crippen molar-refractivity contribution in [3.05, 3.63) is 23.8 Å².